The van der Waals surface area contributed by atoms with Crippen molar-refractivity contribution in [2.75, 3.05) is 40.4 Å². The van der Waals surface area contributed by atoms with Crippen molar-refractivity contribution < 1.29 is 19.1 Å². The van der Waals surface area contributed by atoms with Crippen LogP contribution in [0.5, 0.6) is 5.75 Å². The fourth-order valence-corrected chi connectivity index (χ4v) is 4.96. The van der Waals surface area contributed by atoms with Crippen LogP contribution in [0.15, 0.2) is 48.5 Å². The zero-order valence-corrected chi connectivity index (χ0v) is 18.3. The van der Waals surface area contributed by atoms with Crippen molar-refractivity contribution in [1.29, 1.82) is 0 Å². The third kappa shape index (κ3) is 4.74. The number of carbonyl (C=O) groups is 2. The number of hydrogen-bond donors (Lipinski definition) is 0. The normalized spacial score (nSPS) is 21.3. The van der Waals surface area contributed by atoms with Gasteiger partial charge in [-0.05, 0) is 67.8 Å². The third-order valence-electron chi connectivity index (χ3n) is 6.56. The standard InChI is InChI=1S/C25H30N2O4/c1-30-22-6-3-5-19(15-22)16-26-13-4-11-25(17-26)12-14-27(18-25)23(28)20-7-9-21(10-8-20)24(29)31-2/h3,5-10,15H,4,11-14,16-18H2,1-2H3. The minimum atomic E-state index is -0.391. The van der Waals surface area contributed by atoms with Crippen molar-refractivity contribution in [3.8, 4) is 5.75 Å². The lowest BCUT2D eigenvalue weighted by Gasteiger charge is -2.40. The highest BCUT2D eigenvalue weighted by Crippen LogP contribution is 2.40. The Morgan fingerprint density at radius 2 is 1.74 bits per heavy atom. The molecule has 1 atom stereocenters. The van der Waals surface area contributed by atoms with Gasteiger partial charge in [-0.1, -0.05) is 12.1 Å². The molecule has 0 radical (unpaired) electrons. The van der Waals surface area contributed by atoms with E-state index in [1.807, 2.05) is 17.0 Å². The predicted octanol–water partition coefficient (Wildman–Crippen LogP) is 3.61. The zero-order chi connectivity index (χ0) is 21.8. The Balaban J connectivity index is 1.39. The monoisotopic (exact) mass is 422 g/mol. The van der Waals surface area contributed by atoms with Gasteiger partial charge in [-0.3, -0.25) is 9.69 Å². The molecule has 6 nitrogen and oxygen atoms in total. The maximum absolute atomic E-state index is 13.0. The smallest absolute Gasteiger partial charge is 0.337 e. The summed E-state index contributed by atoms with van der Waals surface area (Å²) in [7, 11) is 3.05. The Labute approximate surface area is 183 Å². The molecule has 2 aliphatic rings. The Bertz CT molecular complexity index is 943. The van der Waals surface area contributed by atoms with Gasteiger partial charge < -0.3 is 14.4 Å². The van der Waals surface area contributed by atoms with Crippen LogP contribution in [0.3, 0.4) is 0 Å². The van der Waals surface area contributed by atoms with Gasteiger partial charge in [0.25, 0.3) is 5.91 Å². The summed E-state index contributed by atoms with van der Waals surface area (Å²) in [5.41, 5.74) is 2.50. The number of rotatable bonds is 5. The molecule has 31 heavy (non-hydrogen) atoms. The van der Waals surface area contributed by atoms with E-state index in [0.717, 1.165) is 57.7 Å². The highest BCUT2D eigenvalue weighted by Gasteiger charge is 2.42. The summed E-state index contributed by atoms with van der Waals surface area (Å²) >= 11 is 0. The summed E-state index contributed by atoms with van der Waals surface area (Å²) in [5.74, 6) is 0.538. The molecule has 2 aromatic carbocycles. The molecule has 0 N–H and O–H groups in total. The second-order valence-electron chi connectivity index (χ2n) is 8.71. The highest BCUT2D eigenvalue weighted by atomic mass is 16.5. The quantitative estimate of drug-likeness (QED) is 0.689. The van der Waals surface area contributed by atoms with Crippen LogP contribution in [0.4, 0.5) is 0 Å². The van der Waals surface area contributed by atoms with Crippen molar-refractivity contribution in [3.05, 3.63) is 65.2 Å². The largest absolute Gasteiger partial charge is 0.497 e. The fourth-order valence-electron chi connectivity index (χ4n) is 4.96. The molecular weight excluding hydrogens is 392 g/mol. The number of methoxy groups -OCH3 is 2. The van der Waals surface area contributed by atoms with Crippen molar-refractivity contribution in [1.82, 2.24) is 9.80 Å². The van der Waals surface area contributed by atoms with Crippen molar-refractivity contribution in [2.24, 2.45) is 5.41 Å². The lowest BCUT2D eigenvalue weighted by atomic mass is 9.79. The third-order valence-corrected chi connectivity index (χ3v) is 6.56. The van der Waals surface area contributed by atoms with Crippen LogP contribution < -0.4 is 4.74 Å². The van der Waals surface area contributed by atoms with E-state index < -0.39 is 5.97 Å². The van der Waals surface area contributed by atoms with Crippen LogP contribution >= 0.6 is 0 Å². The number of amides is 1. The number of piperidine rings is 1. The summed E-state index contributed by atoms with van der Waals surface area (Å²) in [5, 5.41) is 0. The molecule has 1 unspecified atom stereocenters. The Morgan fingerprint density at radius 3 is 2.48 bits per heavy atom. The van der Waals surface area contributed by atoms with Crippen molar-refractivity contribution >= 4 is 11.9 Å². The van der Waals surface area contributed by atoms with Crippen LogP contribution in [-0.2, 0) is 11.3 Å². The molecule has 2 saturated heterocycles. The first-order valence-corrected chi connectivity index (χ1v) is 10.8. The van der Waals surface area contributed by atoms with E-state index in [9.17, 15) is 9.59 Å². The summed E-state index contributed by atoms with van der Waals surface area (Å²) in [4.78, 5) is 29.2. The van der Waals surface area contributed by atoms with Gasteiger partial charge in [-0.25, -0.2) is 4.79 Å². The molecule has 6 heteroatoms. The molecule has 2 aliphatic heterocycles. The lowest BCUT2D eigenvalue weighted by molar-refractivity contribution is 0.0599. The summed E-state index contributed by atoms with van der Waals surface area (Å²) in [6, 6.07) is 15.0. The zero-order valence-electron chi connectivity index (χ0n) is 18.3. The summed E-state index contributed by atoms with van der Waals surface area (Å²) < 4.78 is 10.1. The molecule has 0 aromatic heterocycles. The van der Waals surface area contributed by atoms with E-state index in [-0.39, 0.29) is 11.3 Å². The number of benzene rings is 2. The van der Waals surface area contributed by atoms with Crippen LogP contribution in [0.2, 0.25) is 0 Å². The maximum Gasteiger partial charge on any atom is 0.337 e. The van der Waals surface area contributed by atoms with E-state index in [1.165, 1.54) is 12.7 Å². The highest BCUT2D eigenvalue weighted by molar-refractivity contribution is 5.96. The van der Waals surface area contributed by atoms with Gasteiger partial charge >= 0.3 is 5.97 Å². The van der Waals surface area contributed by atoms with E-state index in [2.05, 4.69) is 17.0 Å². The van der Waals surface area contributed by atoms with Crippen LogP contribution in [0.25, 0.3) is 0 Å². The van der Waals surface area contributed by atoms with Gasteiger partial charge in [0.05, 0.1) is 19.8 Å². The molecule has 2 aromatic rings. The van der Waals surface area contributed by atoms with Crippen molar-refractivity contribution in [2.45, 2.75) is 25.8 Å². The van der Waals surface area contributed by atoms with Crippen LogP contribution in [0.1, 0.15) is 45.5 Å². The molecular formula is C25H30N2O4. The topological polar surface area (TPSA) is 59.1 Å². The molecule has 0 saturated carbocycles. The van der Waals surface area contributed by atoms with Gasteiger partial charge in [0, 0.05) is 37.2 Å². The Hall–Kier alpha value is -2.86. The van der Waals surface area contributed by atoms with E-state index in [0.29, 0.717) is 11.1 Å². The van der Waals surface area contributed by atoms with Gasteiger partial charge in [-0.15, -0.1) is 0 Å². The van der Waals surface area contributed by atoms with E-state index in [4.69, 9.17) is 9.47 Å². The fraction of sp³-hybridized carbons (Fsp3) is 0.440. The van der Waals surface area contributed by atoms with E-state index >= 15 is 0 Å². The number of likely N-dealkylation sites (tertiary alicyclic amines) is 2. The predicted molar refractivity (Wildman–Crippen MR) is 118 cm³/mol. The van der Waals surface area contributed by atoms with E-state index in [1.54, 1.807) is 31.4 Å². The average molecular weight is 423 g/mol. The average Bonchev–Trinajstić information content (AvgIpc) is 3.21. The Morgan fingerprint density at radius 1 is 0.968 bits per heavy atom. The number of esters is 1. The molecule has 2 heterocycles. The molecule has 1 amide bonds. The van der Waals surface area contributed by atoms with Crippen molar-refractivity contribution in [3.63, 3.8) is 0 Å². The molecule has 2 fully saturated rings. The van der Waals surface area contributed by atoms with Gasteiger partial charge in [0.1, 0.15) is 5.75 Å². The number of nitrogens with zero attached hydrogens (tertiary/aromatic N) is 2. The second-order valence-corrected chi connectivity index (χ2v) is 8.71. The molecule has 0 aliphatic carbocycles. The van der Waals surface area contributed by atoms with Gasteiger partial charge in [-0.2, -0.15) is 0 Å². The van der Waals surface area contributed by atoms with Gasteiger partial charge in [0.15, 0.2) is 0 Å². The SMILES string of the molecule is COC(=O)c1ccc(C(=O)N2CCC3(CCCN(Cc4cccc(OC)c4)C3)C2)cc1. The number of hydrogen-bond acceptors (Lipinski definition) is 5. The molecule has 1 spiro atoms. The summed E-state index contributed by atoms with van der Waals surface area (Å²) in [6.45, 7) is 4.57. The minimum Gasteiger partial charge on any atom is -0.497 e. The number of ether oxygens (including phenoxy) is 2. The first kappa shape index (κ1) is 21.4. The first-order valence-electron chi connectivity index (χ1n) is 10.8. The lowest BCUT2D eigenvalue weighted by Crippen LogP contribution is -2.45. The number of carbonyl (C=O) groups excluding carboxylic acids is 2. The first-order chi connectivity index (χ1) is 15.0. The minimum absolute atomic E-state index is 0.0400. The van der Waals surface area contributed by atoms with Gasteiger partial charge in [0.2, 0.25) is 0 Å². The molecule has 0 bridgehead atoms. The Kier molecular flexibility index (Phi) is 6.28. The molecule has 4 rings (SSSR count). The molecule has 164 valence electrons. The summed E-state index contributed by atoms with van der Waals surface area (Å²) in [6.07, 6.45) is 3.35. The van der Waals surface area contributed by atoms with Crippen LogP contribution in [0, 0.1) is 5.41 Å². The van der Waals surface area contributed by atoms with Crippen LogP contribution in [-0.4, -0.2) is 62.1 Å². The second kappa shape index (κ2) is 9.10. The maximum atomic E-state index is 13.0.